The zero-order valence-corrected chi connectivity index (χ0v) is 25.4. The molecule has 2 bridgehead atoms. The number of methoxy groups -OCH3 is 1. The van der Waals surface area contributed by atoms with Gasteiger partial charge >= 0.3 is 0 Å². The van der Waals surface area contributed by atoms with Crippen LogP contribution in [0.15, 0.2) is 113 Å². The Morgan fingerprint density at radius 2 is 1.34 bits per heavy atom. The second-order valence-electron chi connectivity index (χ2n) is 11.5. The smallest absolute Gasteiger partial charge is 0.254 e. The Hall–Kier alpha value is -4.75. The van der Waals surface area contributed by atoms with Crippen molar-refractivity contribution in [3.8, 4) is 11.5 Å². The van der Waals surface area contributed by atoms with E-state index in [-0.39, 0.29) is 23.7 Å². The van der Waals surface area contributed by atoms with Gasteiger partial charge in [-0.2, -0.15) is 10.1 Å². The molecule has 0 saturated carbocycles. The van der Waals surface area contributed by atoms with E-state index in [2.05, 4.69) is 69.6 Å². The number of hydrogen-bond donors (Lipinski definition) is 0. The number of ether oxygens (including phenoxy) is 2. The van der Waals surface area contributed by atoms with Gasteiger partial charge in [0.2, 0.25) is 0 Å². The summed E-state index contributed by atoms with van der Waals surface area (Å²) in [5.74, 6) is -0.710. The molecule has 0 unspecified atom stereocenters. The maximum Gasteiger partial charge on any atom is 0.254 e. The zero-order chi connectivity index (χ0) is 29.9. The van der Waals surface area contributed by atoms with Crippen LogP contribution >= 0.6 is 15.9 Å². The molecule has 0 radical (unpaired) electrons. The molecule has 1 aliphatic heterocycles. The predicted octanol–water partition coefficient (Wildman–Crippen LogP) is 7.42. The van der Waals surface area contributed by atoms with E-state index in [1.807, 2.05) is 48.5 Å². The van der Waals surface area contributed by atoms with Crippen molar-refractivity contribution in [1.82, 2.24) is 5.01 Å². The average molecular weight is 644 g/mol. The van der Waals surface area contributed by atoms with Crippen molar-refractivity contribution in [2.75, 3.05) is 7.11 Å². The minimum absolute atomic E-state index is 0.165. The predicted molar refractivity (Wildman–Crippen MR) is 172 cm³/mol. The molecular weight excluding hydrogens is 616 g/mol. The van der Waals surface area contributed by atoms with Crippen LogP contribution in [-0.4, -0.2) is 30.1 Å². The third-order valence-electron chi connectivity index (χ3n) is 9.25. The Morgan fingerprint density at radius 1 is 0.773 bits per heavy atom. The van der Waals surface area contributed by atoms with Crippen molar-refractivity contribution in [1.29, 1.82) is 0 Å². The van der Waals surface area contributed by atoms with Crippen LogP contribution < -0.4 is 9.47 Å². The molecule has 44 heavy (non-hydrogen) atoms. The number of amides is 2. The molecular formula is C37H27BrN2O4. The number of rotatable bonds is 6. The van der Waals surface area contributed by atoms with Crippen molar-refractivity contribution in [3.05, 3.63) is 141 Å². The number of benzene rings is 5. The van der Waals surface area contributed by atoms with E-state index in [9.17, 15) is 9.59 Å². The fraction of sp³-hybridized carbons (Fsp3) is 0.162. The lowest BCUT2D eigenvalue weighted by Gasteiger charge is -2.45. The minimum atomic E-state index is -0.472. The Balaban J connectivity index is 1.08. The van der Waals surface area contributed by atoms with Crippen LogP contribution in [0.4, 0.5) is 0 Å². The molecule has 5 aromatic rings. The summed E-state index contributed by atoms with van der Waals surface area (Å²) < 4.78 is 12.6. The molecule has 1 saturated heterocycles. The molecule has 4 aliphatic rings. The summed E-state index contributed by atoms with van der Waals surface area (Å²) in [6.45, 7) is 0.358. The van der Waals surface area contributed by atoms with Gasteiger partial charge in [-0.25, -0.2) is 0 Å². The highest BCUT2D eigenvalue weighted by molar-refractivity contribution is 9.10. The van der Waals surface area contributed by atoms with E-state index in [4.69, 9.17) is 9.47 Å². The van der Waals surface area contributed by atoms with E-state index in [0.717, 1.165) is 43.6 Å². The molecule has 6 nitrogen and oxygen atoms in total. The van der Waals surface area contributed by atoms with Crippen LogP contribution in [0.1, 0.15) is 45.2 Å². The highest BCUT2D eigenvalue weighted by atomic mass is 79.9. The molecule has 5 aromatic carbocycles. The normalized spacial score (nSPS) is 21.5. The van der Waals surface area contributed by atoms with E-state index in [1.54, 1.807) is 13.2 Å². The van der Waals surface area contributed by atoms with E-state index < -0.39 is 11.8 Å². The van der Waals surface area contributed by atoms with Gasteiger partial charge < -0.3 is 9.47 Å². The van der Waals surface area contributed by atoms with E-state index in [0.29, 0.717) is 28.1 Å². The molecule has 0 N–H and O–H groups in total. The van der Waals surface area contributed by atoms with Gasteiger partial charge in [-0.1, -0.05) is 91.0 Å². The molecule has 1 fully saturated rings. The van der Waals surface area contributed by atoms with Gasteiger partial charge in [0.25, 0.3) is 11.8 Å². The lowest BCUT2D eigenvalue weighted by molar-refractivity contribution is -0.139. The number of hydrazone groups is 1. The fourth-order valence-corrected chi connectivity index (χ4v) is 8.00. The Kier molecular flexibility index (Phi) is 6.38. The molecule has 0 aromatic heterocycles. The van der Waals surface area contributed by atoms with E-state index in [1.165, 1.54) is 6.21 Å². The summed E-state index contributed by atoms with van der Waals surface area (Å²) in [4.78, 5) is 27.8. The molecule has 2 atom stereocenters. The van der Waals surface area contributed by atoms with Crippen molar-refractivity contribution in [3.63, 3.8) is 0 Å². The summed E-state index contributed by atoms with van der Waals surface area (Å²) in [6.07, 6.45) is 1.54. The lowest BCUT2D eigenvalue weighted by Crippen LogP contribution is -2.41. The lowest BCUT2D eigenvalue weighted by atomic mass is 9.55. The number of nitrogens with zero attached hydrogens (tertiary/aromatic N) is 2. The highest BCUT2D eigenvalue weighted by Crippen LogP contribution is 2.61. The summed E-state index contributed by atoms with van der Waals surface area (Å²) >= 11 is 3.63. The number of fused-ring (bicyclic) bond motifs is 1. The number of carbonyl (C=O) groups excluding carboxylic acids is 2. The Labute approximate surface area is 263 Å². The quantitative estimate of drug-likeness (QED) is 0.143. The number of carbonyl (C=O) groups is 2. The first-order valence-corrected chi connectivity index (χ1v) is 15.4. The first-order chi connectivity index (χ1) is 21.5. The van der Waals surface area contributed by atoms with Gasteiger partial charge in [0.1, 0.15) is 6.61 Å². The summed E-state index contributed by atoms with van der Waals surface area (Å²) in [6, 6.07) is 34.4. The number of halogens is 1. The molecule has 216 valence electrons. The van der Waals surface area contributed by atoms with Crippen molar-refractivity contribution in [2.45, 2.75) is 18.4 Å². The van der Waals surface area contributed by atoms with Gasteiger partial charge in [0, 0.05) is 11.8 Å². The second kappa shape index (κ2) is 10.5. The van der Waals surface area contributed by atoms with Gasteiger partial charge in [0.15, 0.2) is 11.5 Å². The van der Waals surface area contributed by atoms with Crippen molar-refractivity contribution < 1.29 is 19.1 Å². The molecule has 7 heteroatoms. The minimum Gasteiger partial charge on any atom is -0.493 e. The van der Waals surface area contributed by atoms with Crippen LogP contribution in [0.3, 0.4) is 0 Å². The number of imide groups is 1. The maximum absolute atomic E-state index is 13.9. The SMILES string of the molecule is COc1cc(/C=N\N2C(=O)[C@H]3C4c5ccccc5C(c5ccccc54)[C@@H]3C2=O)cc(Br)c1OCc1cccc2ccccc12. The monoisotopic (exact) mass is 642 g/mol. The topological polar surface area (TPSA) is 68.2 Å². The van der Waals surface area contributed by atoms with Gasteiger partial charge in [-0.05, 0) is 72.2 Å². The molecule has 9 rings (SSSR count). The zero-order valence-electron chi connectivity index (χ0n) is 23.8. The van der Waals surface area contributed by atoms with Crippen LogP contribution in [0.25, 0.3) is 10.8 Å². The Morgan fingerprint density at radius 3 is 1.95 bits per heavy atom. The van der Waals surface area contributed by atoms with Crippen LogP contribution in [0.5, 0.6) is 11.5 Å². The third kappa shape index (κ3) is 4.03. The summed E-state index contributed by atoms with van der Waals surface area (Å²) in [5, 5.41) is 7.83. The molecule has 3 aliphatic carbocycles. The largest absolute Gasteiger partial charge is 0.493 e. The van der Waals surface area contributed by atoms with Crippen LogP contribution in [-0.2, 0) is 16.2 Å². The van der Waals surface area contributed by atoms with Gasteiger partial charge in [-0.3, -0.25) is 9.59 Å². The number of hydrogen-bond acceptors (Lipinski definition) is 5. The van der Waals surface area contributed by atoms with Gasteiger partial charge in [0.05, 0.1) is 29.6 Å². The van der Waals surface area contributed by atoms with Crippen LogP contribution in [0, 0.1) is 11.8 Å². The highest BCUT2D eigenvalue weighted by Gasteiger charge is 2.61. The first kappa shape index (κ1) is 26.8. The van der Waals surface area contributed by atoms with E-state index >= 15 is 0 Å². The first-order valence-electron chi connectivity index (χ1n) is 14.6. The molecule has 0 spiro atoms. The average Bonchev–Trinajstić information content (AvgIpc) is 3.32. The molecule has 1 heterocycles. The molecule has 2 amide bonds. The Bertz CT molecular complexity index is 1900. The fourth-order valence-electron chi connectivity index (χ4n) is 7.42. The van der Waals surface area contributed by atoms with Gasteiger partial charge in [-0.15, -0.1) is 0 Å². The maximum atomic E-state index is 13.9. The summed E-state index contributed by atoms with van der Waals surface area (Å²) in [5.41, 5.74) is 6.27. The van der Waals surface area contributed by atoms with Crippen molar-refractivity contribution in [2.24, 2.45) is 16.9 Å². The third-order valence-corrected chi connectivity index (χ3v) is 9.84. The van der Waals surface area contributed by atoms with Crippen LogP contribution in [0.2, 0.25) is 0 Å². The van der Waals surface area contributed by atoms with Crippen molar-refractivity contribution >= 4 is 44.7 Å². The summed E-state index contributed by atoms with van der Waals surface area (Å²) in [7, 11) is 1.58. The standard InChI is InChI=1S/C37H27BrN2O4/c1-43-30-18-21(17-29(38)35(30)44-20-23-11-8-10-22-9-2-3-12-24(22)23)19-39-40-36(41)33-31-25-13-4-5-14-26(25)32(34(33)37(40)42)28-16-7-6-15-27(28)31/h2-19,31-34H,20H2,1H3/b39-19-/t31?,32?,33-,34-/m0/s1. The second-order valence-corrected chi connectivity index (χ2v) is 12.3.